The van der Waals surface area contributed by atoms with E-state index in [1.54, 1.807) is 0 Å². The van der Waals surface area contributed by atoms with Crippen LogP contribution < -0.4 is 4.90 Å². The largest absolute Gasteiger partial charge is 0.464 e. The lowest BCUT2D eigenvalue weighted by Crippen LogP contribution is -2.47. The molecule has 0 bridgehead atoms. The van der Waals surface area contributed by atoms with E-state index < -0.39 is 11.9 Å². The molecule has 30 heavy (non-hydrogen) atoms. The SMILES string of the molecule is CCCCCCOC(=O)[C@H](C#N)c1nc2ccccc2nc1N1CCN(CC)CC1. The Morgan fingerprint density at radius 1 is 1.10 bits per heavy atom. The molecule has 0 radical (unpaired) electrons. The second-order valence-electron chi connectivity index (χ2n) is 7.63. The van der Waals surface area contributed by atoms with Crippen LogP contribution in [0.4, 0.5) is 5.82 Å². The minimum Gasteiger partial charge on any atom is -0.464 e. The lowest BCUT2D eigenvalue weighted by molar-refractivity contribution is -0.144. The molecule has 1 atom stereocenters. The summed E-state index contributed by atoms with van der Waals surface area (Å²) in [4.78, 5) is 26.8. The number of fused-ring (bicyclic) bond motifs is 1. The van der Waals surface area contributed by atoms with E-state index in [1.165, 1.54) is 0 Å². The first-order chi connectivity index (χ1) is 14.7. The van der Waals surface area contributed by atoms with Gasteiger partial charge in [0.05, 0.1) is 23.7 Å². The van der Waals surface area contributed by atoms with Gasteiger partial charge in [-0.15, -0.1) is 0 Å². The molecule has 1 aliphatic heterocycles. The molecule has 1 fully saturated rings. The Balaban J connectivity index is 1.86. The third-order valence-electron chi connectivity index (χ3n) is 5.58. The number of benzene rings is 1. The van der Waals surface area contributed by atoms with Crippen molar-refractivity contribution in [3.63, 3.8) is 0 Å². The predicted molar refractivity (Wildman–Crippen MR) is 117 cm³/mol. The van der Waals surface area contributed by atoms with Crippen LogP contribution in [0.2, 0.25) is 0 Å². The van der Waals surface area contributed by atoms with Crippen LogP contribution in [0.15, 0.2) is 24.3 Å². The number of para-hydroxylation sites is 2. The quantitative estimate of drug-likeness (QED) is 0.463. The number of ether oxygens (including phenoxy) is 1. The Morgan fingerprint density at radius 2 is 1.80 bits per heavy atom. The highest BCUT2D eigenvalue weighted by Gasteiger charge is 2.31. The van der Waals surface area contributed by atoms with E-state index >= 15 is 0 Å². The molecule has 0 spiro atoms. The van der Waals surface area contributed by atoms with Gasteiger partial charge in [-0.25, -0.2) is 9.97 Å². The first-order valence-corrected chi connectivity index (χ1v) is 11.0. The van der Waals surface area contributed by atoms with Gasteiger partial charge in [-0.3, -0.25) is 4.79 Å². The summed E-state index contributed by atoms with van der Waals surface area (Å²) < 4.78 is 5.43. The van der Waals surface area contributed by atoms with Crippen LogP contribution in [-0.2, 0) is 9.53 Å². The van der Waals surface area contributed by atoms with E-state index in [0.717, 1.165) is 63.9 Å². The number of rotatable bonds is 9. The Hall–Kier alpha value is -2.72. The fraction of sp³-hybridized carbons (Fsp3) is 0.565. The molecule has 0 unspecified atom stereocenters. The molecule has 1 aromatic heterocycles. The lowest BCUT2D eigenvalue weighted by Gasteiger charge is -2.35. The number of anilines is 1. The topological polar surface area (TPSA) is 82.3 Å². The van der Waals surface area contributed by atoms with Gasteiger partial charge in [0, 0.05) is 26.2 Å². The molecule has 0 saturated carbocycles. The Bertz CT molecular complexity index is 887. The van der Waals surface area contributed by atoms with E-state index in [2.05, 4.69) is 29.7 Å². The van der Waals surface area contributed by atoms with Crippen molar-refractivity contribution in [2.45, 2.75) is 45.4 Å². The normalized spacial score (nSPS) is 15.7. The highest BCUT2D eigenvalue weighted by atomic mass is 16.5. The highest BCUT2D eigenvalue weighted by Crippen LogP contribution is 2.28. The maximum absolute atomic E-state index is 12.7. The van der Waals surface area contributed by atoms with Crippen LogP contribution in [0, 0.1) is 11.3 Å². The van der Waals surface area contributed by atoms with Crippen molar-refractivity contribution in [3.05, 3.63) is 30.0 Å². The van der Waals surface area contributed by atoms with E-state index in [0.29, 0.717) is 23.6 Å². The van der Waals surface area contributed by atoms with Gasteiger partial charge in [0.25, 0.3) is 0 Å². The highest BCUT2D eigenvalue weighted by molar-refractivity contribution is 5.85. The molecule has 2 aromatic rings. The Kier molecular flexibility index (Phi) is 7.97. The average Bonchev–Trinajstić information content (AvgIpc) is 2.79. The summed E-state index contributed by atoms with van der Waals surface area (Å²) in [6.45, 7) is 9.05. The van der Waals surface area contributed by atoms with Crippen molar-refractivity contribution in [2.24, 2.45) is 0 Å². The molecule has 7 nitrogen and oxygen atoms in total. The Morgan fingerprint density at radius 3 is 2.43 bits per heavy atom. The number of likely N-dealkylation sites (N-methyl/N-ethyl adjacent to an activating group) is 1. The number of piperazine rings is 1. The third-order valence-corrected chi connectivity index (χ3v) is 5.58. The van der Waals surface area contributed by atoms with E-state index in [4.69, 9.17) is 14.7 Å². The summed E-state index contributed by atoms with van der Waals surface area (Å²) in [6.07, 6.45) is 4.07. The molecule has 0 aliphatic carbocycles. The van der Waals surface area contributed by atoms with Gasteiger partial charge in [0.2, 0.25) is 0 Å². The number of hydrogen-bond acceptors (Lipinski definition) is 7. The van der Waals surface area contributed by atoms with Crippen molar-refractivity contribution in [1.29, 1.82) is 5.26 Å². The van der Waals surface area contributed by atoms with Crippen LogP contribution in [0.1, 0.15) is 51.1 Å². The van der Waals surface area contributed by atoms with Crippen molar-refractivity contribution >= 4 is 22.8 Å². The minimum absolute atomic E-state index is 0.336. The predicted octanol–water partition coefficient (Wildman–Crippen LogP) is 3.50. The number of unbranched alkanes of at least 4 members (excludes halogenated alkanes) is 3. The van der Waals surface area contributed by atoms with Crippen molar-refractivity contribution in [2.75, 3.05) is 44.2 Å². The Labute approximate surface area is 178 Å². The third kappa shape index (κ3) is 5.25. The van der Waals surface area contributed by atoms with Gasteiger partial charge in [0.1, 0.15) is 5.69 Å². The second kappa shape index (κ2) is 10.9. The van der Waals surface area contributed by atoms with Crippen LogP contribution in [0.5, 0.6) is 0 Å². The molecule has 3 rings (SSSR count). The number of esters is 1. The first-order valence-electron chi connectivity index (χ1n) is 11.0. The van der Waals surface area contributed by atoms with Crippen LogP contribution in [0.3, 0.4) is 0 Å². The number of carbonyl (C=O) groups excluding carboxylic acids is 1. The summed E-state index contributed by atoms with van der Waals surface area (Å²) in [6, 6.07) is 9.69. The average molecular weight is 410 g/mol. The van der Waals surface area contributed by atoms with E-state index in [1.807, 2.05) is 24.3 Å². The van der Waals surface area contributed by atoms with Gasteiger partial charge < -0.3 is 14.5 Å². The van der Waals surface area contributed by atoms with Crippen LogP contribution in [0.25, 0.3) is 11.0 Å². The monoisotopic (exact) mass is 409 g/mol. The first kappa shape index (κ1) is 22.0. The van der Waals surface area contributed by atoms with Crippen LogP contribution >= 0.6 is 0 Å². The molecule has 1 aromatic carbocycles. The van der Waals surface area contributed by atoms with Gasteiger partial charge in [0.15, 0.2) is 11.7 Å². The summed E-state index contributed by atoms with van der Waals surface area (Å²) in [7, 11) is 0. The molecule has 1 saturated heterocycles. The summed E-state index contributed by atoms with van der Waals surface area (Å²) in [5.74, 6) is -0.988. The fourth-order valence-corrected chi connectivity index (χ4v) is 3.72. The van der Waals surface area contributed by atoms with Gasteiger partial charge in [-0.05, 0) is 25.1 Å². The van der Waals surface area contributed by atoms with Gasteiger partial charge >= 0.3 is 5.97 Å². The van der Waals surface area contributed by atoms with Crippen molar-refractivity contribution in [1.82, 2.24) is 14.9 Å². The number of hydrogen-bond donors (Lipinski definition) is 0. The van der Waals surface area contributed by atoms with E-state index in [9.17, 15) is 10.1 Å². The molecule has 1 aliphatic rings. The lowest BCUT2D eigenvalue weighted by atomic mass is 10.1. The maximum Gasteiger partial charge on any atom is 0.329 e. The number of carbonyl (C=O) groups is 1. The molecular weight excluding hydrogens is 378 g/mol. The molecule has 160 valence electrons. The zero-order chi connectivity index (χ0) is 21.3. The molecule has 0 N–H and O–H groups in total. The number of aromatic nitrogens is 2. The molecular formula is C23H31N5O2. The zero-order valence-electron chi connectivity index (χ0n) is 18.0. The summed E-state index contributed by atoms with van der Waals surface area (Å²) in [5, 5.41) is 9.82. The van der Waals surface area contributed by atoms with E-state index in [-0.39, 0.29) is 0 Å². The van der Waals surface area contributed by atoms with Crippen molar-refractivity contribution < 1.29 is 9.53 Å². The standard InChI is InChI=1S/C23H31N5O2/c1-3-5-6-9-16-30-23(29)18(17-24)21-22(28-14-12-27(4-2)13-15-28)26-20-11-8-7-10-19(20)25-21/h7-8,10-11,18H,3-6,9,12-16H2,1-2H3/t18-/m1/s1. The zero-order valence-corrected chi connectivity index (χ0v) is 18.0. The van der Waals surface area contributed by atoms with Gasteiger partial charge in [-0.1, -0.05) is 45.2 Å². The van der Waals surface area contributed by atoms with Crippen LogP contribution in [-0.4, -0.2) is 60.2 Å². The molecule has 2 heterocycles. The van der Waals surface area contributed by atoms with Gasteiger partial charge in [-0.2, -0.15) is 5.26 Å². The fourth-order valence-electron chi connectivity index (χ4n) is 3.72. The van der Waals surface area contributed by atoms with Crippen molar-refractivity contribution in [3.8, 4) is 6.07 Å². The number of nitrogens with zero attached hydrogens (tertiary/aromatic N) is 5. The smallest absolute Gasteiger partial charge is 0.329 e. The molecule has 0 amide bonds. The minimum atomic E-state index is -1.08. The maximum atomic E-state index is 12.7. The number of nitriles is 1. The molecule has 7 heteroatoms. The second-order valence-corrected chi connectivity index (χ2v) is 7.63. The summed E-state index contributed by atoms with van der Waals surface area (Å²) in [5.41, 5.74) is 1.85. The summed E-state index contributed by atoms with van der Waals surface area (Å²) >= 11 is 0.